The third-order valence-corrected chi connectivity index (χ3v) is 5.37. The fraction of sp³-hybridized carbons (Fsp3) is 0.818. The number of hydrogen-bond donors (Lipinski definition) is 0. The topological polar surface area (TPSA) is 61.8 Å². The van der Waals surface area contributed by atoms with E-state index in [2.05, 4.69) is 0 Å². The highest BCUT2D eigenvalue weighted by Crippen LogP contribution is 3.03. The summed E-state index contributed by atoms with van der Waals surface area (Å²) in [5.41, 5.74) is -1.94. The summed E-state index contributed by atoms with van der Waals surface area (Å²) in [7, 11) is 2.71. The lowest BCUT2D eigenvalue weighted by Gasteiger charge is -2.29. The lowest BCUT2D eigenvalue weighted by Crippen LogP contribution is -2.45. The molecule has 6 unspecified atom stereocenters. The van der Waals surface area contributed by atoms with Gasteiger partial charge in [0.2, 0.25) is 0 Å². The van der Waals surface area contributed by atoms with Crippen molar-refractivity contribution in [1.29, 1.82) is 0 Å². The molecular formula is C11H12O5. The van der Waals surface area contributed by atoms with Crippen LogP contribution < -0.4 is 0 Å². The zero-order valence-corrected chi connectivity index (χ0v) is 9.27. The van der Waals surface area contributed by atoms with Gasteiger partial charge in [0.25, 0.3) is 0 Å². The van der Waals surface area contributed by atoms with Crippen molar-refractivity contribution < 1.29 is 23.8 Å². The van der Waals surface area contributed by atoms with E-state index in [1.807, 2.05) is 6.92 Å². The first kappa shape index (κ1) is 8.98. The van der Waals surface area contributed by atoms with Gasteiger partial charge >= 0.3 is 11.9 Å². The molecule has 0 aromatic carbocycles. The van der Waals surface area contributed by atoms with Crippen molar-refractivity contribution in [1.82, 2.24) is 0 Å². The smallest absolute Gasteiger partial charge is 0.316 e. The molecular weight excluding hydrogens is 212 g/mol. The zero-order chi connectivity index (χ0) is 11.5. The minimum atomic E-state index is -0.739. The van der Waals surface area contributed by atoms with Crippen molar-refractivity contribution >= 4 is 11.9 Å². The number of hydrogen-bond acceptors (Lipinski definition) is 5. The number of rotatable bonds is 2. The van der Waals surface area contributed by atoms with Gasteiger partial charge in [-0.15, -0.1) is 0 Å². The number of carbonyl (C=O) groups excluding carboxylic acids is 2. The summed E-state index contributed by atoms with van der Waals surface area (Å²) in [4.78, 5) is 23.8. The predicted octanol–water partition coefficient (Wildman–Crippen LogP) is -0.264. The molecule has 0 spiro atoms. The van der Waals surface area contributed by atoms with Crippen molar-refractivity contribution in [2.24, 2.45) is 22.7 Å². The van der Waals surface area contributed by atoms with Gasteiger partial charge in [0, 0.05) is 11.8 Å². The van der Waals surface area contributed by atoms with Gasteiger partial charge in [0.15, 0.2) is 0 Å². The van der Waals surface area contributed by atoms with Crippen molar-refractivity contribution in [3.8, 4) is 0 Å². The van der Waals surface area contributed by atoms with Gasteiger partial charge in [0.05, 0.1) is 25.9 Å². The standard InChI is InChI=1S/C11H12O5/c1-9-5-4-6(16-9)10(4,7(12)14-2)11(5,9)8(13)15-3/h4-6H,1-3H3. The van der Waals surface area contributed by atoms with Crippen molar-refractivity contribution in [2.45, 2.75) is 18.6 Å². The Labute approximate surface area is 92.0 Å². The molecule has 0 aromatic rings. The Morgan fingerprint density at radius 3 is 2.25 bits per heavy atom. The van der Waals surface area contributed by atoms with Crippen LogP contribution in [0.3, 0.4) is 0 Å². The molecule has 0 aromatic heterocycles. The van der Waals surface area contributed by atoms with Crippen LogP contribution in [-0.2, 0) is 23.8 Å². The molecule has 3 saturated carbocycles. The van der Waals surface area contributed by atoms with Gasteiger partial charge in [-0.3, -0.25) is 9.59 Å². The summed E-state index contributed by atoms with van der Waals surface area (Å²) < 4.78 is 15.5. The molecule has 5 fully saturated rings. The highest BCUT2D eigenvalue weighted by molar-refractivity contribution is 6.03. The Hall–Kier alpha value is -1.10. The van der Waals surface area contributed by atoms with E-state index in [1.54, 1.807) is 0 Å². The highest BCUT2D eigenvalue weighted by Gasteiger charge is 3.16. The minimum absolute atomic E-state index is 0.117. The van der Waals surface area contributed by atoms with Crippen molar-refractivity contribution in [2.75, 3.05) is 14.2 Å². The molecule has 86 valence electrons. The molecule has 0 radical (unpaired) electrons. The Bertz CT molecular complexity index is 453. The summed E-state index contributed by atoms with van der Waals surface area (Å²) in [6, 6.07) is 0. The first-order chi connectivity index (χ1) is 7.55. The monoisotopic (exact) mass is 224 g/mol. The first-order valence-electron chi connectivity index (χ1n) is 5.39. The van der Waals surface area contributed by atoms with Gasteiger partial charge < -0.3 is 14.2 Å². The predicted molar refractivity (Wildman–Crippen MR) is 49.2 cm³/mol. The SMILES string of the molecule is COC(=O)C12C3OC4(C)C(C31)C42C(=O)OC. The van der Waals surface area contributed by atoms with E-state index in [4.69, 9.17) is 14.2 Å². The minimum Gasteiger partial charge on any atom is -0.468 e. The Kier molecular flexibility index (Phi) is 1.07. The molecule has 0 N–H and O–H groups in total. The third kappa shape index (κ3) is 0.421. The van der Waals surface area contributed by atoms with E-state index < -0.39 is 16.4 Å². The van der Waals surface area contributed by atoms with E-state index in [-0.39, 0.29) is 29.9 Å². The van der Waals surface area contributed by atoms with Crippen LogP contribution in [0.5, 0.6) is 0 Å². The van der Waals surface area contributed by atoms with Crippen LogP contribution in [0.4, 0.5) is 0 Å². The maximum Gasteiger partial charge on any atom is 0.316 e. The normalized spacial score (nSPS) is 61.8. The summed E-state index contributed by atoms with van der Waals surface area (Å²) in [6.45, 7) is 1.90. The molecule has 5 nitrogen and oxygen atoms in total. The molecule has 2 aliphatic heterocycles. The maximum atomic E-state index is 12.0. The van der Waals surface area contributed by atoms with Crippen LogP contribution in [0, 0.1) is 22.7 Å². The van der Waals surface area contributed by atoms with Crippen LogP contribution in [0.25, 0.3) is 0 Å². The van der Waals surface area contributed by atoms with E-state index in [0.29, 0.717) is 0 Å². The number of ether oxygens (including phenoxy) is 3. The van der Waals surface area contributed by atoms with Crippen LogP contribution >= 0.6 is 0 Å². The second-order valence-corrected chi connectivity index (χ2v) is 5.31. The molecule has 16 heavy (non-hydrogen) atoms. The summed E-state index contributed by atoms with van der Waals surface area (Å²) in [6.07, 6.45) is -0.117. The largest absolute Gasteiger partial charge is 0.468 e. The molecule has 2 bridgehead atoms. The second kappa shape index (κ2) is 1.90. The van der Waals surface area contributed by atoms with E-state index in [9.17, 15) is 9.59 Å². The lowest BCUT2D eigenvalue weighted by molar-refractivity contribution is -0.168. The van der Waals surface area contributed by atoms with Gasteiger partial charge in [-0.2, -0.15) is 0 Å². The first-order valence-corrected chi connectivity index (χ1v) is 5.39. The Morgan fingerprint density at radius 1 is 1.19 bits per heavy atom. The molecule has 5 rings (SSSR count). The number of methoxy groups -OCH3 is 2. The summed E-state index contributed by atoms with van der Waals surface area (Å²) in [5.74, 6) is -0.285. The van der Waals surface area contributed by atoms with Crippen LogP contribution in [0.1, 0.15) is 6.92 Å². The molecule has 0 amide bonds. The van der Waals surface area contributed by atoms with Crippen LogP contribution in [-0.4, -0.2) is 37.9 Å². The molecule has 5 heteroatoms. The van der Waals surface area contributed by atoms with E-state index >= 15 is 0 Å². The average Bonchev–Trinajstić information content (AvgIpc) is 2.84. The van der Waals surface area contributed by atoms with Gasteiger partial charge in [-0.25, -0.2) is 0 Å². The highest BCUT2D eigenvalue weighted by atomic mass is 16.6. The number of esters is 2. The average molecular weight is 224 g/mol. The summed E-state index contributed by atoms with van der Waals surface area (Å²) in [5, 5.41) is 0. The van der Waals surface area contributed by atoms with Gasteiger partial charge in [-0.1, -0.05) is 0 Å². The maximum absolute atomic E-state index is 12.0. The van der Waals surface area contributed by atoms with E-state index in [0.717, 1.165) is 0 Å². The van der Waals surface area contributed by atoms with Gasteiger partial charge in [0.1, 0.15) is 10.8 Å². The van der Waals surface area contributed by atoms with E-state index in [1.165, 1.54) is 14.2 Å². The molecule has 5 aliphatic rings. The molecule has 2 heterocycles. The second-order valence-electron chi connectivity index (χ2n) is 5.31. The number of carbonyl (C=O) groups is 2. The Balaban J connectivity index is 1.85. The van der Waals surface area contributed by atoms with Crippen molar-refractivity contribution in [3.63, 3.8) is 0 Å². The molecule has 6 atom stereocenters. The van der Waals surface area contributed by atoms with Gasteiger partial charge in [-0.05, 0) is 6.92 Å². The molecule has 3 aliphatic carbocycles. The lowest BCUT2D eigenvalue weighted by atomic mass is 9.71. The van der Waals surface area contributed by atoms with Crippen molar-refractivity contribution in [3.05, 3.63) is 0 Å². The zero-order valence-electron chi connectivity index (χ0n) is 9.27. The fourth-order valence-electron chi connectivity index (χ4n) is 4.95. The third-order valence-electron chi connectivity index (χ3n) is 5.37. The molecule has 2 saturated heterocycles. The van der Waals surface area contributed by atoms with Crippen LogP contribution in [0.2, 0.25) is 0 Å². The quantitative estimate of drug-likeness (QED) is 0.604. The summed E-state index contributed by atoms with van der Waals surface area (Å²) >= 11 is 0. The van der Waals surface area contributed by atoms with Crippen LogP contribution in [0.15, 0.2) is 0 Å². The Morgan fingerprint density at radius 2 is 1.81 bits per heavy atom. The fourth-order valence-corrected chi connectivity index (χ4v) is 4.95.